The van der Waals surface area contributed by atoms with Crippen LogP contribution in [-0.2, 0) is 32.8 Å². The average molecular weight is 571 g/mol. The molecule has 4 aromatic carbocycles. The first-order valence-corrected chi connectivity index (χ1v) is 14.0. The second kappa shape index (κ2) is 10.1. The summed E-state index contributed by atoms with van der Waals surface area (Å²) in [4.78, 5) is 53.1. The molecule has 2 bridgehead atoms. The molecule has 0 spiro atoms. The van der Waals surface area contributed by atoms with E-state index in [-0.39, 0.29) is 36.4 Å². The minimum Gasteiger partial charge on any atom is -0.278 e. The van der Waals surface area contributed by atoms with E-state index in [1.165, 1.54) is 29.2 Å². The Hall–Kier alpha value is -5.44. The van der Waals surface area contributed by atoms with Gasteiger partial charge in [0.05, 0.1) is 35.1 Å². The molecule has 212 valence electrons. The largest absolute Gasteiger partial charge is 0.278 e. The van der Waals surface area contributed by atoms with Crippen molar-refractivity contribution in [3.63, 3.8) is 0 Å². The van der Waals surface area contributed by atoms with Crippen LogP contribution in [0.4, 0.5) is 5.69 Å². The van der Waals surface area contributed by atoms with Gasteiger partial charge in [0, 0.05) is 24.3 Å². The lowest BCUT2D eigenvalue weighted by Gasteiger charge is -2.52. The predicted octanol–water partition coefficient (Wildman–Crippen LogP) is 4.49. The number of benzene rings is 4. The summed E-state index contributed by atoms with van der Waals surface area (Å²) in [7, 11) is 0. The van der Waals surface area contributed by atoms with E-state index in [1.807, 2.05) is 78.9 Å². The summed E-state index contributed by atoms with van der Waals surface area (Å²) in [5.74, 6) is -2.48. The van der Waals surface area contributed by atoms with Crippen molar-refractivity contribution >= 4 is 29.6 Å². The van der Waals surface area contributed by atoms with Crippen molar-refractivity contribution in [2.75, 3.05) is 0 Å². The molecular weight excluding hydrogens is 544 g/mol. The second-order valence-corrected chi connectivity index (χ2v) is 11.2. The van der Waals surface area contributed by atoms with Gasteiger partial charge in [0.15, 0.2) is 0 Å². The lowest BCUT2D eigenvalue weighted by atomic mass is 9.47. The van der Waals surface area contributed by atoms with Crippen LogP contribution in [0.5, 0.6) is 0 Å². The molecule has 8 rings (SSSR count). The zero-order valence-corrected chi connectivity index (χ0v) is 22.9. The molecule has 0 radical (unpaired) electrons. The highest BCUT2D eigenvalue weighted by Crippen LogP contribution is 2.63. The molecule has 43 heavy (non-hydrogen) atoms. The minimum absolute atomic E-state index is 0.0358. The lowest BCUT2D eigenvalue weighted by Crippen LogP contribution is -2.54. The quantitative estimate of drug-likeness (QED) is 0.152. The molecule has 9 nitrogen and oxygen atoms in total. The summed E-state index contributed by atoms with van der Waals surface area (Å²) in [6, 6.07) is 30.9. The first-order chi connectivity index (χ1) is 20.9. The molecule has 3 aliphatic carbocycles. The third-order valence-corrected chi connectivity index (χ3v) is 8.93. The number of imide groups is 1. The number of nitrogens with one attached hydrogen (secondary N) is 1. The zero-order chi connectivity index (χ0) is 29.7. The maximum Gasteiger partial charge on any atom is 0.269 e. The number of carbonyl (C=O) groups excluding carboxylic acids is 3. The predicted molar refractivity (Wildman–Crippen MR) is 158 cm³/mol. The summed E-state index contributed by atoms with van der Waals surface area (Å²) in [5.41, 5.74) is 6.68. The number of non-ortho nitro benzene ring substituents is 1. The van der Waals surface area contributed by atoms with Crippen molar-refractivity contribution in [2.24, 2.45) is 16.9 Å². The van der Waals surface area contributed by atoms with Gasteiger partial charge in [-0.3, -0.25) is 29.4 Å². The third kappa shape index (κ3) is 4.07. The summed E-state index contributed by atoms with van der Waals surface area (Å²) in [5, 5.41) is 15.4. The van der Waals surface area contributed by atoms with Crippen LogP contribution in [0.1, 0.15) is 39.3 Å². The van der Waals surface area contributed by atoms with Crippen LogP contribution < -0.4 is 5.43 Å². The fraction of sp³-hybridized carbons (Fsp3) is 0.176. The molecule has 1 N–H and O–H groups in total. The number of nitro benzene ring substituents is 1. The van der Waals surface area contributed by atoms with Crippen LogP contribution in [-0.4, -0.2) is 33.8 Å². The molecule has 0 saturated carbocycles. The number of likely N-dealkylation sites (tertiary alicyclic amines) is 1. The van der Waals surface area contributed by atoms with E-state index in [0.29, 0.717) is 5.56 Å². The number of amides is 3. The van der Waals surface area contributed by atoms with Gasteiger partial charge in [0.2, 0.25) is 17.7 Å². The number of hydrazone groups is 1. The summed E-state index contributed by atoms with van der Waals surface area (Å²) in [6.07, 6.45) is 1.59. The van der Waals surface area contributed by atoms with Gasteiger partial charge in [0.25, 0.3) is 5.69 Å². The van der Waals surface area contributed by atoms with Crippen LogP contribution in [0.25, 0.3) is 0 Å². The molecule has 1 aliphatic heterocycles. The number of hydrogen-bond acceptors (Lipinski definition) is 6. The number of nitrogens with zero attached hydrogens (tertiary/aromatic N) is 3. The zero-order valence-electron chi connectivity index (χ0n) is 22.9. The van der Waals surface area contributed by atoms with Gasteiger partial charge in [0.1, 0.15) is 0 Å². The fourth-order valence-corrected chi connectivity index (χ4v) is 7.20. The van der Waals surface area contributed by atoms with E-state index in [4.69, 9.17) is 0 Å². The molecule has 0 unspecified atom stereocenters. The molecule has 1 heterocycles. The standard InChI is InChI=1S/C34H26N4O5/c39-28(18-21-14-16-23(17-15-21)38(42)43)36-35-20-34-26-12-6-4-10-24(26)29(25-11-5-7-13-27(25)34)30-31(34)33(41)37(32(30)40)19-22-8-2-1-3-9-22/h1-17,20,29-31H,18-19H2,(H,36,39)/b35-20-/t29?,30-,31-,34?/m0/s1. The normalized spacial score (nSPS) is 23.2. The molecule has 1 saturated heterocycles. The van der Waals surface area contributed by atoms with Crippen LogP contribution >= 0.6 is 0 Å². The highest BCUT2D eigenvalue weighted by Gasteiger charge is 2.67. The highest BCUT2D eigenvalue weighted by molar-refractivity contribution is 6.11. The Balaban J connectivity index is 1.28. The fourth-order valence-electron chi connectivity index (χ4n) is 7.20. The molecule has 4 aromatic rings. The minimum atomic E-state index is -1.08. The highest BCUT2D eigenvalue weighted by atomic mass is 16.6. The van der Waals surface area contributed by atoms with E-state index in [1.54, 1.807) is 6.21 Å². The average Bonchev–Trinajstić information content (AvgIpc) is 3.28. The SMILES string of the molecule is O=C(Cc1ccc([N+](=O)[O-])cc1)N/N=C\C12c3ccccc3C(c3ccccc31)[C@@H]1C(=O)N(Cc3ccccc3)C(=O)[C@H]12. The van der Waals surface area contributed by atoms with Gasteiger partial charge >= 0.3 is 0 Å². The van der Waals surface area contributed by atoms with Crippen LogP contribution in [0.2, 0.25) is 0 Å². The van der Waals surface area contributed by atoms with E-state index >= 15 is 0 Å². The Bertz CT molecular complexity index is 1770. The van der Waals surface area contributed by atoms with Crippen molar-refractivity contribution in [1.82, 2.24) is 10.3 Å². The molecule has 3 amide bonds. The van der Waals surface area contributed by atoms with Crippen molar-refractivity contribution in [1.29, 1.82) is 0 Å². The Morgan fingerprint density at radius 3 is 2.07 bits per heavy atom. The summed E-state index contributed by atoms with van der Waals surface area (Å²) < 4.78 is 0. The third-order valence-electron chi connectivity index (χ3n) is 8.93. The van der Waals surface area contributed by atoms with E-state index in [0.717, 1.165) is 27.8 Å². The van der Waals surface area contributed by atoms with Gasteiger partial charge in [-0.15, -0.1) is 0 Å². The molecule has 4 aliphatic rings. The van der Waals surface area contributed by atoms with E-state index < -0.39 is 28.1 Å². The summed E-state index contributed by atoms with van der Waals surface area (Å²) >= 11 is 0. The molecule has 2 atom stereocenters. The number of hydrogen-bond donors (Lipinski definition) is 1. The van der Waals surface area contributed by atoms with E-state index in [9.17, 15) is 24.5 Å². The van der Waals surface area contributed by atoms with E-state index in [2.05, 4.69) is 10.5 Å². The Kier molecular flexibility index (Phi) is 6.23. The smallest absolute Gasteiger partial charge is 0.269 e. The Labute approximate surface area is 247 Å². The Morgan fingerprint density at radius 2 is 1.44 bits per heavy atom. The van der Waals surface area contributed by atoms with Gasteiger partial charge in [-0.1, -0.05) is 91.0 Å². The second-order valence-electron chi connectivity index (χ2n) is 11.2. The van der Waals surface area contributed by atoms with Crippen LogP contribution in [0.3, 0.4) is 0 Å². The molecular formula is C34H26N4O5. The van der Waals surface area contributed by atoms with Crippen LogP contribution in [0.15, 0.2) is 108 Å². The number of rotatable bonds is 7. The van der Waals surface area contributed by atoms with Gasteiger partial charge in [-0.25, -0.2) is 5.43 Å². The lowest BCUT2D eigenvalue weighted by molar-refractivity contribution is -0.384. The van der Waals surface area contributed by atoms with Gasteiger partial charge < -0.3 is 0 Å². The first-order valence-electron chi connectivity index (χ1n) is 14.0. The maximum absolute atomic E-state index is 14.3. The molecule has 0 aromatic heterocycles. The summed E-state index contributed by atoms with van der Waals surface area (Å²) in [6.45, 7) is 0.185. The monoisotopic (exact) mass is 570 g/mol. The number of nitro groups is 1. The van der Waals surface area contributed by atoms with Crippen molar-refractivity contribution < 1.29 is 19.3 Å². The molecule has 9 heteroatoms. The van der Waals surface area contributed by atoms with Gasteiger partial charge in [-0.05, 0) is 33.4 Å². The Morgan fingerprint density at radius 1 is 0.837 bits per heavy atom. The van der Waals surface area contributed by atoms with Gasteiger partial charge in [-0.2, -0.15) is 5.10 Å². The van der Waals surface area contributed by atoms with Crippen molar-refractivity contribution in [2.45, 2.75) is 24.3 Å². The first kappa shape index (κ1) is 26.5. The number of carbonyl (C=O) groups is 3. The van der Waals surface area contributed by atoms with Crippen LogP contribution in [0, 0.1) is 22.0 Å². The molecule has 1 fully saturated rings. The maximum atomic E-state index is 14.3. The van der Waals surface area contributed by atoms with Crippen molar-refractivity contribution in [3.05, 3.63) is 147 Å². The van der Waals surface area contributed by atoms with Crippen molar-refractivity contribution in [3.8, 4) is 0 Å². The topological polar surface area (TPSA) is 122 Å².